The molecule has 0 spiro atoms. The van der Waals surface area contributed by atoms with Gasteiger partial charge in [-0.3, -0.25) is 4.79 Å². The van der Waals surface area contributed by atoms with Crippen LogP contribution in [0.5, 0.6) is 0 Å². The number of halogens is 1. The summed E-state index contributed by atoms with van der Waals surface area (Å²) in [5.74, 6) is -0.477. The maximum Gasteiger partial charge on any atom is 0.252 e. The summed E-state index contributed by atoms with van der Waals surface area (Å²) in [6.07, 6.45) is 0. The molecule has 33 heavy (non-hydrogen) atoms. The van der Waals surface area contributed by atoms with Crippen molar-refractivity contribution in [2.45, 2.75) is 16.7 Å². The maximum atomic E-state index is 13.2. The topological polar surface area (TPSA) is 63.2 Å². The smallest absolute Gasteiger partial charge is 0.252 e. The van der Waals surface area contributed by atoms with Gasteiger partial charge in [-0.2, -0.15) is 0 Å². The Morgan fingerprint density at radius 2 is 1.36 bits per heavy atom. The van der Waals surface area contributed by atoms with Crippen LogP contribution in [0.2, 0.25) is 5.02 Å². The molecule has 0 fully saturated rings. The maximum absolute atomic E-state index is 13.2. The number of benzene rings is 4. The fourth-order valence-corrected chi connectivity index (χ4v) is 5.09. The summed E-state index contributed by atoms with van der Waals surface area (Å²) >= 11 is 6.04. The molecule has 4 nitrogen and oxygen atoms in total. The standard InChI is InChI=1S/C27H22ClNO3S/c28-24-16-14-22(15-17-24)26(21-9-3-1-4-10-21)29-27(30)23-11-7-8-20(18-23)19-33(31,32)25-12-5-2-6-13-25/h1-18,26H,19H2,(H,29,30). The lowest BCUT2D eigenvalue weighted by Gasteiger charge is -2.20. The third-order valence-corrected chi connectivity index (χ3v) is 7.22. The molecular weight excluding hydrogens is 454 g/mol. The van der Waals surface area contributed by atoms with Crippen LogP contribution in [0, 0.1) is 0 Å². The summed E-state index contributed by atoms with van der Waals surface area (Å²) in [5.41, 5.74) is 2.76. The van der Waals surface area contributed by atoms with Crippen molar-refractivity contribution in [3.8, 4) is 0 Å². The first-order chi connectivity index (χ1) is 15.9. The molecule has 1 unspecified atom stereocenters. The van der Waals surface area contributed by atoms with E-state index in [1.165, 1.54) is 0 Å². The van der Waals surface area contributed by atoms with E-state index in [2.05, 4.69) is 5.32 Å². The van der Waals surface area contributed by atoms with Crippen LogP contribution >= 0.6 is 11.6 Å². The summed E-state index contributed by atoms with van der Waals surface area (Å²) in [5, 5.41) is 3.69. The Balaban J connectivity index is 1.58. The molecule has 1 amide bonds. The van der Waals surface area contributed by atoms with Gasteiger partial charge in [0.1, 0.15) is 0 Å². The highest BCUT2D eigenvalue weighted by Gasteiger charge is 2.19. The van der Waals surface area contributed by atoms with Gasteiger partial charge in [0.2, 0.25) is 0 Å². The predicted molar refractivity (Wildman–Crippen MR) is 131 cm³/mol. The Morgan fingerprint density at radius 1 is 0.758 bits per heavy atom. The van der Waals surface area contributed by atoms with Gasteiger partial charge in [0.25, 0.3) is 5.91 Å². The Kier molecular flexibility index (Phi) is 6.92. The first kappa shape index (κ1) is 22.8. The first-order valence-corrected chi connectivity index (χ1v) is 12.4. The highest BCUT2D eigenvalue weighted by atomic mass is 35.5. The van der Waals surface area contributed by atoms with Crippen molar-refractivity contribution in [1.29, 1.82) is 0 Å². The predicted octanol–water partition coefficient (Wildman–Crippen LogP) is 5.83. The molecule has 4 rings (SSSR count). The Morgan fingerprint density at radius 3 is 2.03 bits per heavy atom. The number of hydrogen-bond acceptors (Lipinski definition) is 3. The molecule has 6 heteroatoms. The fourth-order valence-electron chi connectivity index (χ4n) is 3.61. The van der Waals surface area contributed by atoms with Gasteiger partial charge in [0, 0.05) is 10.6 Å². The molecular formula is C27H22ClNO3S. The summed E-state index contributed by atoms with van der Waals surface area (Å²) < 4.78 is 25.5. The second-order valence-electron chi connectivity index (χ2n) is 7.64. The molecule has 0 bridgehead atoms. The van der Waals surface area contributed by atoms with Gasteiger partial charge in [-0.1, -0.05) is 84.4 Å². The summed E-state index contributed by atoms with van der Waals surface area (Å²) in [6.45, 7) is 0. The molecule has 0 aromatic heterocycles. The monoisotopic (exact) mass is 475 g/mol. The van der Waals surface area contributed by atoms with Crippen molar-refractivity contribution >= 4 is 27.3 Å². The second-order valence-corrected chi connectivity index (χ2v) is 10.1. The fraction of sp³-hybridized carbons (Fsp3) is 0.0741. The highest BCUT2D eigenvalue weighted by Crippen LogP contribution is 2.24. The van der Waals surface area contributed by atoms with Crippen LogP contribution in [-0.2, 0) is 15.6 Å². The number of carbonyl (C=O) groups is 1. The minimum atomic E-state index is -3.51. The SMILES string of the molecule is O=C(NC(c1ccccc1)c1ccc(Cl)cc1)c1cccc(CS(=O)(=O)c2ccccc2)c1. The lowest BCUT2D eigenvalue weighted by atomic mass is 9.98. The van der Waals surface area contributed by atoms with Crippen molar-refractivity contribution < 1.29 is 13.2 Å². The molecule has 4 aromatic carbocycles. The van der Waals surface area contributed by atoms with Gasteiger partial charge in [0.05, 0.1) is 16.7 Å². The van der Waals surface area contributed by atoms with E-state index in [0.717, 1.165) is 11.1 Å². The summed E-state index contributed by atoms with van der Waals surface area (Å²) in [6, 6.07) is 31.6. The second kappa shape index (κ2) is 10.0. The third kappa shape index (κ3) is 5.69. The van der Waals surface area contributed by atoms with E-state index in [4.69, 9.17) is 11.6 Å². The molecule has 0 heterocycles. The average molecular weight is 476 g/mol. The molecule has 1 N–H and O–H groups in total. The lowest BCUT2D eigenvalue weighted by Crippen LogP contribution is -2.29. The molecule has 0 radical (unpaired) electrons. The molecule has 0 saturated heterocycles. The lowest BCUT2D eigenvalue weighted by molar-refractivity contribution is 0.0943. The van der Waals surface area contributed by atoms with Gasteiger partial charge in [0.15, 0.2) is 9.84 Å². The van der Waals surface area contributed by atoms with Crippen LogP contribution in [0.1, 0.15) is 33.1 Å². The van der Waals surface area contributed by atoms with Crippen LogP contribution in [0.25, 0.3) is 0 Å². The number of nitrogens with one attached hydrogen (secondary N) is 1. The molecule has 0 aliphatic rings. The number of sulfone groups is 1. The van der Waals surface area contributed by atoms with Crippen LogP contribution < -0.4 is 5.32 Å². The van der Waals surface area contributed by atoms with Crippen LogP contribution in [0.3, 0.4) is 0 Å². The largest absolute Gasteiger partial charge is 0.341 e. The molecule has 1 atom stereocenters. The number of amides is 1. The number of hydrogen-bond donors (Lipinski definition) is 1. The van der Waals surface area contributed by atoms with E-state index in [-0.39, 0.29) is 22.6 Å². The Bertz CT molecular complexity index is 1340. The summed E-state index contributed by atoms with van der Waals surface area (Å²) in [4.78, 5) is 13.4. The van der Waals surface area contributed by atoms with Gasteiger partial charge >= 0.3 is 0 Å². The first-order valence-electron chi connectivity index (χ1n) is 10.4. The summed E-state index contributed by atoms with van der Waals surface area (Å²) in [7, 11) is -3.51. The van der Waals surface area contributed by atoms with Crippen molar-refractivity contribution in [3.05, 3.63) is 136 Å². The van der Waals surface area contributed by atoms with Crippen LogP contribution in [-0.4, -0.2) is 14.3 Å². The molecule has 0 saturated carbocycles. The van der Waals surface area contributed by atoms with Crippen molar-refractivity contribution in [2.24, 2.45) is 0 Å². The van der Waals surface area contributed by atoms with E-state index >= 15 is 0 Å². The van der Waals surface area contributed by atoms with Gasteiger partial charge < -0.3 is 5.32 Å². The normalized spacial score (nSPS) is 12.2. The third-order valence-electron chi connectivity index (χ3n) is 5.26. The number of carbonyl (C=O) groups excluding carboxylic acids is 1. The Hall–Kier alpha value is -3.41. The molecule has 166 valence electrons. The highest BCUT2D eigenvalue weighted by molar-refractivity contribution is 7.90. The zero-order chi connectivity index (χ0) is 23.3. The van der Waals surface area contributed by atoms with Gasteiger partial charge in [-0.25, -0.2) is 8.42 Å². The van der Waals surface area contributed by atoms with Gasteiger partial charge in [-0.05, 0) is 53.1 Å². The van der Waals surface area contributed by atoms with Crippen molar-refractivity contribution in [2.75, 3.05) is 0 Å². The number of rotatable bonds is 7. The zero-order valence-electron chi connectivity index (χ0n) is 17.7. The van der Waals surface area contributed by atoms with Crippen molar-refractivity contribution in [3.63, 3.8) is 0 Å². The Labute approximate surface area is 198 Å². The van der Waals surface area contributed by atoms with Crippen molar-refractivity contribution in [1.82, 2.24) is 5.32 Å². The van der Waals surface area contributed by atoms with E-state index in [0.29, 0.717) is 16.1 Å². The van der Waals surface area contributed by atoms with E-state index in [9.17, 15) is 13.2 Å². The minimum Gasteiger partial charge on any atom is -0.341 e. The quantitative estimate of drug-likeness (QED) is 0.365. The van der Waals surface area contributed by atoms with E-state index in [1.807, 2.05) is 42.5 Å². The zero-order valence-corrected chi connectivity index (χ0v) is 19.3. The average Bonchev–Trinajstić information content (AvgIpc) is 2.84. The van der Waals surface area contributed by atoms with Crippen LogP contribution in [0.15, 0.2) is 114 Å². The molecule has 4 aromatic rings. The van der Waals surface area contributed by atoms with Gasteiger partial charge in [-0.15, -0.1) is 0 Å². The minimum absolute atomic E-state index is 0.183. The molecule has 0 aliphatic heterocycles. The van der Waals surface area contributed by atoms with E-state index < -0.39 is 9.84 Å². The van der Waals surface area contributed by atoms with E-state index in [1.54, 1.807) is 66.7 Å². The van der Waals surface area contributed by atoms with Crippen LogP contribution in [0.4, 0.5) is 0 Å². The molecule has 0 aliphatic carbocycles.